The average molecular weight is 276 g/mol. The van der Waals surface area contributed by atoms with Gasteiger partial charge in [-0.15, -0.1) is 0 Å². The van der Waals surface area contributed by atoms with Gasteiger partial charge in [0.1, 0.15) is 12.0 Å². The molecule has 0 fully saturated rings. The summed E-state index contributed by atoms with van der Waals surface area (Å²) in [7, 11) is 1.89. The minimum absolute atomic E-state index is 0.818. The fraction of sp³-hybridized carbons (Fsp3) is 0.0625. The number of rotatable bonds is 2. The summed E-state index contributed by atoms with van der Waals surface area (Å²) in [6, 6.07) is 14.0. The number of benzene rings is 1. The van der Waals surface area contributed by atoms with Crippen molar-refractivity contribution in [2.45, 2.75) is 0 Å². The molecule has 0 aliphatic carbocycles. The van der Waals surface area contributed by atoms with E-state index < -0.39 is 0 Å². The van der Waals surface area contributed by atoms with Crippen LogP contribution in [0, 0.1) is 0 Å². The largest absolute Gasteiger partial charge is 0.364 e. The Balaban J connectivity index is 1.84. The van der Waals surface area contributed by atoms with Gasteiger partial charge in [0.15, 0.2) is 5.65 Å². The molecule has 0 saturated heterocycles. The molecule has 0 saturated carbocycles. The van der Waals surface area contributed by atoms with Crippen LogP contribution in [-0.2, 0) is 7.05 Å². The van der Waals surface area contributed by atoms with Gasteiger partial charge in [-0.2, -0.15) is 5.10 Å². The lowest BCUT2D eigenvalue weighted by Gasteiger charge is -2.04. The van der Waals surface area contributed by atoms with E-state index >= 15 is 0 Å². The molecule has 21 heavy (non-hydrogen) atoms. The Kier molecular flexibility index (Phi) is 2.57. The molecule has 0 unspecified atom stereocenters. The molecule has 4 rings (SSSR count). The molecule has 0 N–H and O–H groups in total. The molecular formula is C16H12N4O. The highest BCUT2D eigenvalue weighted by Gasteiger charge is 2.07. The summed E-state index contributed by atoms with van der Waals surface area (Å²) in [4.78, 5) is 4.68. The standard InChI is InChI=1S/C16H12N4O/c1-20-16-13(10-17-20)5-6-14(18-16)11-3-2-4-12(9-11)15-7-8-21-19-15/h2-10H,1H3. The molecule has 0 spiro atoms. The highest BCUT2D eigenvalue weighted by molar-refractivity contribution is 5.79. The van der Waals surface area contributed by atoms with E-state index in [9.17, 15) is 0 Å². The van der Waals surface area contributed by atoms with Crippen molar-refractivity contribution in [1.29, 1.82) is 0 Å². The zero-order valence-electron chi connectivity index (χ0n) is 11.4. The van der Waals surface area contributed by atoms with Crippen LogP contribution in [0.1, 0.15) is 0 Å². The third kappa shape index (κ3) is 1.99. The Hall–Kier alpha value is -2.95. The number of pyridine rings is 1. The van der Waals surface area contributed by atoms with Gasteiger partial charge in [-0.3, -0.25) is 4.68 Å². The third-order valence-electron chi connectivity index (χ3n) is 3.47. The maximum absolute atomic E-state index is 4.90. The van der Waals surface area contributed by atoms with Crippen molar-refractivity contribution in [1.82, 2.24) is 19.9 Å². The summed E-state index contributed by atoms with van der Waals surface area (Å²) in [6.45, 7) is 0. The summed E-state index contributed by atoms with van der Waals surface area (Å²) in [6.07, 6.45) is 3.39. The van der Waals surface area contributed by atoms with Crippen LogP contribution in [0.2, 0.25) is 0 Å². The van der Waals surface area contributed by atoms with Crippen LogP contribution in [0.4, 0.5) is 0 Å². The van der Waals surface area contributed by atoms with Crippen LogP contribution >= 0.6 is 0 Å². The van der Waals surface area contributed by atoms with Crippen molar-refractivity contribution in [3.05, 3.63) is 54.9 Å². The summed E-state index contributed by atoms with van der Waals surface area (Å²) in [5, 5.41) is 9.22. The predicted octanol–water partition coefficient (Wildman–Crippen LogP) is 3.29. The van der Waals surface area contributed by atoms with Crippen molar-refractivity contribution < 1.29 is 4.52 Å². The number of aromatic nitrogens is 4. The highest BCUT2D eigenvalue weighted by atomic mass is 16.5. The monoisotopic (exact) mass is 276 g/mol. The van der Waals surface area contributed by atoms with Crippen LogP contribution in [-0.4, -0.2) is 19.9 Å². The quantitative estimate of drug-likeness (QED) is 0.563. The molecule has 102 valence electrons. The highest BCUT2D eigenvalue weighted by Crippen LogP contribution is 2.25. The first kappa shape index (κ1) is 11.8. The van der Waals surface area contributed by atoms with E-state index in [0.717, 1.165) is 33.5 Å². The lowest BCUT2D eigenvalue weighted by atomic mass is 10.1. The molecule has 1 aromatic carbocycles. The maximum atomic E-state index is 4.90. The summed E-state index contributed by atoms with van der Waals surface area (Å²) in [5.74, 6) is 0. The molecule has 3 aromatic heterocycles. The Morgan fingerprint density at radius 2 is 1.86 bits per heavy atom. The topological polar surface area (TPSA) is 56.7 Å². The smallest absolute Gasteiger partial charge is 0.158 e. The minimum Gasteiger partial charge on any atom is -0.364 e. The minimum atomic E-state index is 0.818. The van der Waals surface area contributed by atoms with Crippen LogP contribution in [0.25, 0.3) is 33.5 Å². The van der Waals surface area contributed by atoms with Crippen molar-refractivity contribution >= 4 is 11.0 Å². The Morgan fingerprint density at radius 3 is 2.67 bits per heavy atom. The second-order valence-corrected chi connectivity index (χ2v) is 4.84. The van der Waals surface area contributed by atoms with Crippen LogP contribution < -0.4 is 0 Å². The normalized spacial score (nSPS) is 11.1. The van der Waals surface area contributed by atoms with E-state index in [-0.39, 0.29) is 0 Å². The van der Waals surface area contributed by atoms with Gasteiger partial charge in [0, 0.05) is 29.6 Å². The maximum Gasteiger partial charge on any atom is 0.158 e. The zero-order chi connectivity index (χ0) is 14.2. The molecule has 0 atom stereocenters. The number of hydrogen-bond donors (Lipinski definition) is 0. The fourth-order valence-corrected chi connectivity index (χ4v) is 2.38. The Morgan fingerprint density at radius 1 is 1.00 bits per heavy atom. The Labute approximate surface area is 120 Å². The summed E-state index contributed by atoms with van der Waals surface area (Å²) >= 11 is 0. The summed E-state index contributed by atoms with van der Waals surface area (Å²) in [5.41, 5.74) is 4.65. The molecule has 0 bridgehead atoms. The first-order valence-electron chi connectivity index (χ1n) is 6.61. The van der Waals surface area contributed by atoms with Gasteiger partial charge in [-0.05, 0) is 18.2 Å². The van der Waals surface area contributed by atoms with E-state index in [0.29, 0.717) is 0 Å². The van der Waals surface area contributed by atoms with Crippen LogP contribution in [0.15, 0.2) is 59.4 Å². The SMILES string of the molecule is Cn1ncc2ccc(-c3cccc(-c4ccon4)c3)nc21. The van der Waals surface area contributed by atoms with Gasteiger partial charge in [0.05, 0.1) is 11.9 Å². The Bertz CT molecular complexity index is 909. The average Bonchev–Trinajstić information content (AvgIpc) is 3.18. The predicted molar refractivity (Wildman–Crippen MR) is 79.4 cm³/mol. The summed E-state index contributed by atoms with van der Waals surface area (Å²) < 4.78 is 6.68. The van der Waals surface area contributed by atoms with Gasteiger partial charge in [0.25, 0.3) is 0 Å². The number of nitrogens with zero attached hydrogens (tertiary/aromatic N) is 4. The lowest BCUT2D eigenvalue weighted by Crippen LogP contribution is -1.93. The van der Waals surface area contributed by atoms with Gasteiger partial charge < -0.3 is 4.52 Å². The van der Waals surface area contributed by atoms with Crippen molar-refractivity contribution in [3.63, 3.8) is 0 Å². The van der Waals surface area contributed by atoms with E-state index in [1.54, 1.807) is 10.9 Å². The number of hydrogen-bond acceptors (Lipinski definition) is 4. The van der Waals surface area contributed by atoms with E-state index in [4.69, 9.17) is 4.52 Å². The number of aryl methyl sites for hydroxylation is 1. The van der Waals surface area contributed by atoms with E-state index in [1.807, 2.05) is 49.6 Å². The second kappa shape index (κ2) is 4.56. The molecule has 4 aromatic rings. The van der Waals surface area contributed by atoms with Crippen LogP contribution in [0.5, 0.6) is 0 Å². The van der Waals surface area contributed by atoms with E-state index in [2.05, 4.69) is 21.3 Å². The molecular weight excluding hydrogens is 264 g/mol. The van der Waals surface area contributed by atoms with Gasteiger partial charge in [-0.25, -0.2) is 4.98 Å². The molecule has 5 nitrogen and oxygen atoms in total. The van der Waals surface area contributed by atoms with E-state index in [1.165, 1.54) is 0 Å². The zero-order valence-corrected chi connectivity index (χ0v) is 11.4. The fourth-order valence-electron chi connectivity index (χ4n) is 2.38. The van der Waals surface area contributed by atoms with Gasteiger partial charge in [-0.1, -0.05) is 23.4 Å². The second-order valence-electron chi connectivity index (χ2n) is 4.84. The van der Waals surface area contributed by atoms with Gasteiger partial charge in [0.2, 0.25) is 0 Å². The third-order valence-corrected chi connectivity index (χ3v) is 3.47. The van der Waals surface area contributed by atoms with Crippen molar-refractivity contribution in [2.75, 3.05) is 0 Å². The van der Waals surface area contributed by atoms with Crippen molar-refractivity contribution in [2.24, 2.45) is 7.05 Å². The molecule has 5 heteroatoms. The molecule has 3 heterocycles. The molecule has 0 radical (unpaired) electrons. The first-order chi connectivity index (χ1) is 10.3. The molecule has 0 amide bonds. The first-order valence-corrected chi connectivity index (χ1v) is 6.61. The van der Waals surface area contributed by atoms with Crippen molar-refractivity contribution in [3.8, 4) is 22.5 Å². The lowest BCUT2D eigenvalue weighted by molar-refractivity contribution is 0.422. The molecule has 0 aliphatic rings. The number of fused-ring (bicyclic) bond motifs is 1. The van der Waals surface area contributed by atoms with Crippen LogP contribution in [0.3, 0.4) is 0 Å². The molecule has 0 aliphatic heterocycles. The van der Waals surface area contributed by atoms with Gasteiger partial charge >= 0.3 is 0 Å².